The molecule has 0 heterocycles. The summed E-state index contributed by atoms with van der Waals surface area (Å²) < 4.78 is 0.944. The summed E-state index contributed by atoms with van der Waals surface area (Å²) in [5, 5.41) is 12.1. The number of carbonyl (C=O) groups is 1. The first-order chi connectivity index (χ1) is 7.33. The molecule has 0 aliphatic carbocycles. The Morgan fingerprint density at radius 2 is 2.12 bits per heavy atom. The van der Waals surface area contributed by atoms with Crippen LogP contribution in [0.1, 0.15) is 19.4 Å². The van der Waals surface area contributed by atoms with Gasteiger partial charge in [0.1, 0.15) is 0 Å². The summed E-state index contributed by atoms with van der Waals surface area (Å²) in [5.74, 6) is -0.802. The smallest absolute Gasteiger partial charge is 0.310 e. The van der Waals surface area contributed by atoms with Gasteiger partial charge in [0.2, 0.25) is 0 Å². The molecule has 2 N–H and O–H groups in total. The van der Waals surface area contributed by atoms with Gasteiger partial charge in [-0.2, -0.15) is 0 Å². The predicted octanol–water partition coefficient (Wildman–Crippen LogP) is 3.28. The number of hydrogen-bond donors (Lipinski definition) is 2. The highest BCUT2D eigenvalue weighted by Gasteiger charge is 2.26. The summed E-state index contributed by atoms with van der Waals surface area (Å²) in [5.41, 5.74) is 1.29. The van der Waals surface area contributed by atoms with Crippen molar-refractivity contribution in [3.63, 3.8) is 0 Å². The number of carboxylic acid groups (broad SMARTS) is 1. The SMILES string of the molecule is Cc1ccc(Br)c(NCC(C)(C)C(=O)O)c1. The summed E-state index contributed by atoms with van der Waals surface area (Å²) in [7, 11) is 0. The maximum absolute atomic E-state index is 10.9. The zero-order valence-electron chi connectivity index (χ0n) is 9.67. The normalized spacial score (nSPS) is 11.2. The first-order valence-corrected chi connectivity index (χ1v) is 5.85. The van der Waals surface area contributed by atoms with Gasteiger partial charge in [0.05, 0.1) is 5.41 Å². The lowest BCUT2D eigenvalue weighted by Crippen LogP contribution is -2.31. The minimum atomic E-state index is -0.802. The lowest BCUT2D eigenvalue weighted by molar-refractivity contribution is -0.146. The van der Waals surface area contributed by atoms with E-state index in [2.05, 4.69) is 21.2 Å². The molecule has 0 atom stereocenters. The summed E-state index contributed by atoms with van der Waals surface area (Å²) >= 11 is 3.43. The highest BCUT2D eigenvalue weighted by molar-refractivity contribution is 9.10. The van der Waals surface area contributed by atoms with Crippen LogP contribution >= 0.6 is 15.9 Å². The molecule has 0 saturated carbocycles. The van der Waals surface area contributed by atoms with Crippen LogP contribution in [0.3, 0.4) is 0 Å². The fourth-order valence-corrected chi connectivity index (χ4v) is 1.55. The van der Waals surface area contributed by atoms with E-state index in [0.29, 0.717) is 6.54 Å². The van der Waals surface area contributed by atoms with Gasteiger partial charge >= 0.3 is 5.97 Å². The molecule has 4 heteroatoms. The zero-order chi connectivity index (χ0) is 12.3. The molecule has 0 unspecified atom stereocenters. The summed E-state index contributed by atoms with van der Waals surface area (Å²) in [6.45, 7) is 5.79. The molecule has 0 aliphatic heterocycles. The molecule has 0 bridgehead atoms. The minimum absolute atomic E-state index is 0.393. The molecule has 1 aromatic carbocycles. The van der Waals surface area contributed by atoms with Gasteiger partial charge in [-0.25, -0.2) is 0 Å². The maximum atomic E-state index is 10.9. The Morgan fingerprint density at radius 1 is 1.50 bits per heavy atom. The number of nitrogens with one attached hydrogen (secondary N) is 1. The van der Waals surface area contributed by atoms with E-state index in [4.69, 9.17) is 5.11 Å². The highest BCUT2D eigenvalue weighted by atomic mass is 79.9. The Kier molecular flexibility index (Phi) is 3.97. The first kappa shape index (κ1) is 13.0. The van der Waals surface area contributed by atoms with Crippen molar-refractivity contribution in [2.75, 3.05) is 11.9 Å². The minimum Gasteiger partial charge on any atom is -0.481 e. The van der Waals surface area contributed by atoms with Crippen molar-refractivity contribution < 1.29 is 9.90 Å². The van der Waals surface area contributed by atoms with E-state index in [1.807, 2.05) is 25.1 Å². The summed E-state index contributed by atoms with van der Waals surface area (Å²) in [6.07, 6.45) is 0. The number of benzene rings is 1. The molecule has 0 radical (unpaired) electrons. The second-order valence-electron chi connectivity index (χ2n) is 4.53. The van der Waals surface area contributed by atoms with E-state index in [1.54, 1.807) is 13.8 Å². The second-order valence-corrected chi connectivity index (χ2v) is 5.38. The third-order valence-corrected chi connectivity index (χ3v) is 3.11. The molecule has 0 aliphatic rings. The average molecular weight is 286 g/mol. The fourth-order valence-electron chi connectivity index (χ4n) is 1.17. The lowest BCUT2D eigenvalue weighted by Gasteiger charge is -2.21. The van der Waals surface area contributed by atoms with E-state index in [-0.39, 0.29) is 0 Å². The average Bonchev–Trinajstić information content (AvgIpc) is 2.19. The number of aliphatic carboxylic acids is 1. The van der Waals surface area contributed by atoms with E-state index < -0.39 is 11.4 Å². The Hall–Kier alpha value is -1.03. The lowest BCUT2D eigenvalue weighted by atomic mass is 9.94. The van der Waals surface area contributed by atoms with Crippen molar-refractivity contribution in [1.82, 2.24) is 0 Å². The monoisotopic (exact) mass is 285 g/mol. The molecule has 0 spiro atoms. The van der Waals surface area contributed by atoms with Crippen LogP contribution < -0.4 is 5.32 Å². The van der Waals surface area contributed by atoms with Gasteiger partial charge in [0.15, 0.2) is 0 Å². The van der Waals surface area contributed by atoms with Crippen molar-refractivity contribution in [1.29, 1.82) is 0 Å². The Morgan fingerprint density at radius 3 is 2.69 bits per heavy atom. The van der Waals surface area contributed by atoms with E-state index in [9.17, 15) is 4.79 Å². The first-order valence-electron chi connectivity index (χ1n) is 5.06. The van der Waals surface area contributed by atoms with Crippen molar-refractivity contribution in [3.8, 4) is 0 Å². The summed E-state index contributed by atoms with van der Waals surface area (Å²) in [6, 6.07) is 5.94. The van der Waals surface area contributed by atoms with Crippen LogP contribution in [-0.4, -0.2) is 17.6 Å². The van der Waals surface area contributed by atoms with Crippen LogP contribution in [0, 0.1) is 12.3 Å². The largest absolute Gasteiger partial charge is 0.481 e. The molecule has 88 valence electrons. The molecule has 1 aromatic rings. The van der Waals surface area contributed by atoms with E-state index in [0.717, 1.165) is 15.7 Å². The van der Waals surface area contributed by atoms with Gasteiger partial charge in [-0.05, 0) is 54.4 Å². The predicted molar refractivity (Wildman–Crippen MR) is 68.8 cm³/mol. The van der Waals surface area contributed by atoms with Crippen molar-refractivity contribution >= 4 is 27.6 Å². The summed E-state index contributed by atoms with van der Waals surface area (Å²) in [4.78, 5) is 10.9. The number of anilines is 1. The molecule has 3 nitrogen and oxygen atoms in total. The van der Waals surface area contributed by atoms with Gasteiger partial charge in [-0.1, -0.05) is 6.07 Å². The van der Waals surface area contributed by atoms with Crippen molar-refractivity contribution in [2.45, 2.75) is 20.8 Å². The Labute approximate surface area is 104 Å². The number of rotatable bonds is 4. The van der Waals surface area contributed by atoms with E-state index in [1.165, 1.54) is 0 Å². The van der Waals surface area contributed by atoms with Gasteiger partial charge in [-0.3, -0.25) is 4.79 Å². The molecule has 0 saturated heterocycles. The highest BCUT2D eigenvalue weighted by Crippen LogP contribution is 2.25. The third-order valence-electron chi connectivity index (χ3n) is 2.42. The molecule has 0 fully saturated rings. The molecular formula is C12H16BrNO2. The van der Waals surface area contributed by atoms with Gasteiger partial charge in [0, 0.05) is 16.7 Å². The molecule has 0 aromatic heterocycles. The van der Waals surface area contributed by atoms with Crippen molar-refractivity contribution in [3.05, 3.63) is 28.2 Å². The third kappa shape index (κ3) is 3.23. The fraction of sp³-hybridized carbons (Fsp3) is 0.417. The molecular weight excluding hydrogens is 270 g/mol. The number of hydrogen-bond acceptors (Lipinski definition) is 2. The van der Waals surface area contributed by atoms with Crippen LogP contribution in [-0.2, 0) is 4.79 Å². The zero-order valence-corrected chi connectivity index (χ0v) is 11.3. The van der Waals surface area contributed by atoms with Gasteiger partial charge < -0.3 is 10.4 Å². The number of halogens is 1. The van der Waals surface area contributed by atoms with E-state index >= 15 is 0 Å². The molecule has 0 amide bonds. The standard InChI is InChI=1S/C12H16BrNO2/c1-8-4-5-9(13)10(6-8)14-7-12(2,3)11(15)16/h4-6,14H,7H2,1-3H3,(H,15,16). The van der Waals surface area contributed by atoms with Gasteiger partial charge in [-0.15, -0.1) is 0 Å². The molecule has 1 rings (SSSR count). The van der Waals surface area contributed by atoms with Crippen molar-refractivity contribution in [2.24, 2.45) is 5.41 Å². The van der Waals surface area contributed by atoms with Gasteiger partial charge in [0.25, 0.3) is 0 Å². The van der Waals surface area contributed by atoms with Crippen LogP contribution in [0.2, 0.25) is 0 Å². The van der Waals surface area contributed by atoms with Crippen LogP contribution in [0.25, 0.3) is 0 Å². The number of carboxylic acids is 1. The maximum Gasteiger partial charge on any atom is 0.310 e. The Bertz CT molecular complexity index is 402. The second kappa shape index (κ2) is 4.87. The van der Waals surface area contributed by atoms with Crippen LogP contribution in [0.4, 0.5) is 5.69 Å². The topological polar surface area (TPSA) is 49.3 Å². The Balaban J connectivity index is 2.75. The van der Waals surface area contributed by atoms with Crippen LogP contribution in [0.15, 0.2) is 22.7 Å². The molecule has 16 heavy (non-hydrogen) atoms. The quantitative estimate of drug-likeness (QED) is 0.893. The number of aryl methyl sites for hydroxylation is 1. The van der Waals surface area contributed by atoms with Crippen LogP contribution in [0.5, 0.6) is 0 Å².